The Hall–Kier alpha value is -3.15. The number of hydrogen-bond donors (Lipinski definition) is 3. The van der Waals surface area contributed by atoms with Crippen molar-refractivity contribution in [1.82, 2.24) is 20.2 Å². The van der Waals surface area contributed by atoms with Gasteiger partial charge in [0.2, 0.25) is 16.9 Å². The Bertz CT molecular complexity index is 1280. The molecule has 8 nitrogen and oxygen atoms in total. The highest BCUT2D eigenvalue weighted by Gasteiger charge is 2.14. The van der Waals surface area contributed by atoms with Gasteiger partial charge in [-0.25, -0.2) is 0 Å². The molecule has 2 heterocycles. The van der Waals surface area contributed by atoms with E-state index in [2.05, 4.69) is 25.5 Å². The van der Waals surface area contributed by atoms with Gasteiger partial charge in [-0.1, -0.05) is 95.5 Å². The summed E-state index contributed by atoms with van der Waals surface area (Å²) in [4.78, 5) is 31.3. The third-order valence-electron chi connectivity index (χ3n) is 4.39. The number of hydrogen-bond acceptors (Lipinski definition) is 9. The van der Waals surface area contributed by atoms with E-state index in [1.807, 2.05) is 60.7 Å². The van der Waals surface area contributed by atoms with E-state index in [4.69, 9.17) is 0 Å². The number of aromatic hydroxyl groups is 1. The fourth-order valence-electron chi connectivity index (χ4n) is 2.82. The van der Waals surface area contributed by atoms with Crippen molar-refractivity contribution in [2.75, 3.05) is 11.1 Å². The number of carbonyl (C=O) groups excluding carboxylic acids is 1. The maximum atomic E-state index is 12.4. The maximum Gasteiger partial charge on any atom is 0.258 e. The van der Waals surface area contributed by atoms with Crippen molar-refractivity contribution in [1.29, 1.82) is 0 Å². The van der Waals surface area contributed by atoms with Crippen LogP contribution in [0, 0.1) is 0 Å². The van der Waals surface area contributed by atoms with E-state index in [0.29, 0.717) is 5.13 Å². The summed E-state index contributed by atoms with van der Waals surface area (Å²) in [6.07, 6.45) is 0.266. The molecule has 0 saturated heterocycles. The molecule has 4 aromatic rings. The van der Waals surface area contributed by atoms with Crippen molar-refractivity contribution in [3.8, 4) is 5.88 Å². The van der Waals surface area contributed by atoms with Gasteiger partial charge in [0.25, 0.3) is 5.56 Å². The summed E-state index contributed by atoms with van der Waals surface area (Å²) in [5, 5.41) is 21.6. The smallest absolute Gasteiger partial charge is 0.258 e. The van der Waals surface area contributed by atoms with Gasteiger partial charge < -0.3 is 10.1 Å². The minimum atomic E-state index is -0.432. The highest BCUT2D eigenvalue weighted by Crippen LogP contribution is 2.28. The van der Waals surface area contributed by atoms with Crippen LogP contribution in [0.15, 0.2) is 75.0 Å². The molecular weight excluding hydrogens is 478 g/mol. The van der Waals surface area contributed by atoms with Crippen LogP contribution in [0.1, 0.15) is 16.7 Å². The molecule has 1 amide bonds. The molecule has 0 aliphatic carbocycles. The lowest BCUT2D eigenvalue weighted by Crippen LogP contribution is -2.17. The molecule has 0 aliphatic heterocycles. The van der Waals surface area contributed by atoms with Crippen LogP contribution in [0.4, 0.5) is 5.13 Å². The predicted octanol–water partition coefficient (Wildman–Crippen LogP) is 3.94. The van der Waals surface area contributed by atoms with Crippen LogP contribution in [0.2, 0.25) is 0 Å². The van der Waals surface area contributed by atoms with Crippen LogP contribution in [0.5, 0.6) is 5.88 Å². The second kappa shape index (κ2) is 11.1. The largest absolute Gasteiger partial charge is 0.493 e. The number of nitrogens with zero attached hydrogens (tertiary/aromatic N) is 3. The van der Waals surface area contributed by atoms with Crippen LogP contribution in [-0.4, -0.2) is 36.9 Å². The van der Waals surface area contributed by atoms with Gasteiger partial charge in [-0.05, 0) is 11.1 Å². The van der Waals surface area contributed by atoms with Gasteiger partial charge in [-0.3, -0.25) is 14.9 Å². The topological polar surface area (TPSA) is 121 Å². The molecule has 0 saturated carbocycles. The number of anilines is 1. The fourth-order valence-corrected chi connectivity index (χ4v) is 5.20. The molecule has 3 N–H and O–H groups in total. The normalized spacial score (nSPS) is 10.8. The van der Waals surface area contributed by atoms with E-state index >= 15 is 0 Å². The summed E-state index contributed by atoms with van der Waals surface area (Å²) in [6, 6.07) is 19.3. The molecule has 2 aromatic heterocycles. The number of carbonyl (C=O) groups is 1. The minimum Gasteiger partial charge on any atom is -0.493 e. The number of aromatic nitrogens is 4. The molecule has 0 radical (unpaired) electrons. The molecule has 0 atom stereocenters. The summed E-state index contributed by atoms with van der Waals surface area (Å²) in [7, 11) is 0. The summed E-state index contributed by atoms with van der Waals surface area (Å²) in [5.41, 5.74) is 1.82. The Morgan fingerprint density at radius 1 is 1.00 bits per heavy atom. The van der Waals surface area contributed by atoms with Gasteiger partial charge >= 0.3 is 0 Å². The van der Waals surface area contributed by atoms with Crippen LogP contribution < -0.4 is 10.9 Å². The zero-order valence-corrected chi connectivity index (χ0v) is 19.7. The Kier molecular flexibility index (Phi) is 7.76. The minimum absolute atomic E-state index is 0.00746. The van der Waals surface area contributed by atoms with Gasteiger partial charge in [-0.2, -0.15) is 4.98 Å². The van der Waals surface area contributed by atoms with Crippen molar-refractivity contribution in [3.05, 3.63) is 87.7 Å². The lowest BCUT2D eigenvalue weighted by Gasteiger charge is -2.06. The molecule has 2 aromatic carbocycles. The second-order valence-corrected chi connectivity index (χ2v) is 9.98. The van der Waals surface area contributed by atoms with Gasteiger partial charge in [0, 0.05) is 12.2 Å². The standard InChI is InChI=1S/C22H19N5O3S3/c28-17(23-21-26-27-22(33-21)32-12-15-9-5-2-6-10-15)13-31-20-24-18(29)16(19(30)25-20)11-14-7-3-1-4-8-14/h1-10H,11-13H2,(H,23,26,28)(H2,24,25,29,30). The molecule has 168 valence electrons. The quantitative estimate of drug-likeness (QED) is 0.181. The predicted molar refractivity (Wildman–Crippen MR) is 131 cm³/mol. The molecule has 0 spiro atoms. The highest BCUT2D eigenvalue weighted by atomic mass is 32.2. The Morgan fingerprint density at radius 2 is 1.70 bits per heavy atom. The van der Waals surface area contributed by atoms with E-state index < -0.39 is 5.56 Å². The number of aromatic amines is 1. The van der Waals surface area contributed by atoms with E-state index in [-0.39, 0.29) is 34.7 Å². The van der Waals surface area contributed by atoms with Gasteiger partial charge in [0.1, 0.15) is 0 Å². The average Bonchev–Trinajstić information content (AvgIpc) is 3.27. The zero-order chi connectivity index (χ0) is 23.0. The summed E-state index contributed by atoms with van der Waals surface area (Å²) < 4.78 is 0.756. The lowest BCUT2D eigenvalue weighted by molar-refractivity contribution is -0.113. The molecule has 0 bridgehead atoms. The van der Waals surface area contributed by atoms with Crippen molar-refractivity contribution < 1.29 is 9.90 Å². The first-order valence-corrected chi connectivity index (χ1v) is 12.6. The Labute approximate surface area is 201 Å². The molecule has 0 aliphatic rings. The number of thioether (sulfide) groups is 2. The number of rotatable bonds is 9. The van der Waals surface area contributed by atoms with Gasteiger partial charge in [0.05, 0.1) is 11.3 Å². The molecular formula is C22H19N5O3S3. The van der Waals surface area contributed by atoms with Gasteiger partial charge in [0.15, 0.2) is 9.50 Å². The monoisotopic (exact) mass is 497 g/mol. The van der Waals surface area contributed by atoms with Crippen LogP contribution in [0.3, 0.4) is 0 Å². The number of benzene rings is 2. The zero-order valence-electron chi connectivity index (χ0n) is 17.2. The van der Waals surface area contributed by atoms with Crippen molar-refractivity contribution >= 4 is 45.9 Å². The van der Waals surface area contributed by atoms with Crippen molar-refractivity contribution in [3.63, 3.8) is 0 Å². The molecule has 0 fully saturated rings. The molecule has 4 rings (SSSR count). The van der Waals surface area contributed by atoms with Gasteiger partial charge in [-0.15, -0.1) is 10.2 Å². The van der Waals surface area contributed by atoms with E-state index in [1.54, 1.807) is 11.8 Å². The highest BCUT2D eigenvalue weighted by molar-refractivity contribution is 8.00. The third kappa shape index (κ3) is 6.67. The number of nitrogens with one attached hydrogen (secondary N) is 2. The lowest BCUT2D eigenvalue weighted by atomic mass is 10.1. The second-order valence-electron chi connectivity index (χ2n) is 6.82. The Balaban J connectivity index is 1.29. The maximum absolute atomic E-state index is 12.4. The SMILES string of the molecule is O=C(CSc1nc(O)c(Cc2ccccc2)c(=O)[nH]1)Nc1nnc(SCc2ccccc2)s1. The fraction of sp³-hybridized carbons (Fsp3) is 0.136. The summed E-state index contributed by atoms with van der Waals surface area (Å²) in [5.74, 6) is 0.107. The Morgan fingerprint density at radius 3 is 2.39 bits per heavy atom. The van der Waals surface area contributed by atoms with Crippen molar-refractivity contribution in [2.24, 2.45) is 0 Å². The van der Waals surface area contributed by atoms with Crippen molar-refractivity contribution in [2.45, 2.75) is 21.7 Å². The van der Waals surface area contributed by atoms with E-state index in [1.165, 1.54) is 16.9 Å². The van der Waals surface area contributed by atoms with Crippen LogP contribution >= 0.6 is 34.9 Å². The first-order valence-electron chi connectivity index (χ1n) is 9.86. The van der Waals surface area contributed by atoms with E-state index in [9.17, 15) is 14.7 Å². The van der Waals surface area contributed by atoms with Crippen LogP contribution in [-0.2, 0) is 17.0 Å². The molecule has 11 heteroatoms. The molecule has 33 heavy (non-hydrogen) atoms. The van der Waals surface area contributed by atoms with Crippen LogP contribution in [0.25, 0.3) is 0 Å². The first kappa shape index (κ1) is 23.0. The van der Waals surface area contributed by atoms with E-state index in [0.717, 1.165) is 27.4 Å². The number of amides is 1. The number of H-pyrrole nitrogens is 1. The summed E-state index contributed by atoms with van der Waals surface area (Å²) in [6.45, 7) is 0. The first-order chi connectivity index (χ1) is 16.1. The average molecular weight is 498 g/mol. The summed E-state index contributed by atoms with van der Waals surface area (Å²) >= 11 is 3.86. The third-order valence-corrected chi connectivity index (χ3v) is 7.31. The molecule has 0 unspecified atom stereocenters.